The lowest BCUT2D eigenvalue weighted by Crippen LogP contribution is -2.47. The van der Waals surface area contributed by atoms with Crippen LogP contribution in [0, 0.1) is 5.92 Å². The van der Waals surface area contributed by atoms with Crippen LogP contribution in [-0.2, 0) is 22.6 Å². The van der Waals surface area contributed by atoms with Crippen LogP contribution in [0.1, 0.15) is 49.3 Å². The van der Waals surface area contributed by atoms with Crippen molar-refractivity contribution < 1.29 is 23.2 Å². The second-order valence-corrected chi connectivity index (χ2v) is 8.32. The fourth-order valence-electron chi connectivity index (χ4n) is 3.43. The van der Waals surface area contributed by atoms with E-state index >= 15 is 0 Å². The summed E-state index contributed by atoms with van der Waals surface area (Å²) >= 11 is 0. The summed E-state index contributed by atoms with van der Waals surface area (Å²) in [7, 11) is 0. The van der Waals surface area contributed by atoms with Crippen molar-refractivity contribution in [2.24, 2.45) is 5.92 Å². The summed E-state index contributed by atoms with van der Waals surface area (Å²) in [4.78, 5) is 29.7. The van der Waals surface area contributed by atoms with Gasteiger partial charge < -0.3 is 23.8 Å². The molecule has 8 heteroatoms. The summed E-state index contributed by atoms with van der Waals surface area (Å²) in [5.74, 6) is 1.51. The predicted molar refractivity (Wildman–Crippen MR) is 115 cm³/mol. The number of furan rings is 2. The Bertz CT molecular complexity index is 824. The molecule has 3 heterocycles. The highest BCUT2D eigenvalue weighted by Crippen LogP contribution is 2.18. The molecule has 1 aliphatic heterocycles. The lowest BCUT2D eigenvalue weighted by Gasteiger charge is -2.27. The summed E-state index contributed by atoms with van der Waals surface area (Å²) in [6, 6.07) is 6.38. The number of amides is 2. The number of rotatable bonds is 10. The minimum Gasteiger partial charge on any atom is -0.467 e. The van der Waals surface area contributed by atoms with Crippen LogP contribution in [0.25, 0.3) is 0 Å². The first-order valence-corrected chi connectivity index (χ1v) is 10.9. The van der Waals surface area contributed by atoms with Crippen LogP contribution in [0.4, 0.5) is 0 Å². The Hall–Kier alpha value is -2.58. The third-order valence-electron chi connectivity index (χ3n) is 5.39. The van der Waals surface area contributed by atoms with Crippen molar-refractivity contribution in [1.82, 2.24) is 15.1 Å². The van der Waals surface area contributed by atoms with Crippen molar-refractivity contribution in [2.45, 2.75) is 46.3 Å². The van der Waals surface area contributed by atoms with E-state index in [1.807, 2.05) is 6.07 Å². The van der Waals surface area contributed by atoms with Crippen molar-refractivity contribution in [3.05, 3.63) is 47.8 Å². The average Bonchev–Trinajstić information content (AvgIpc) is 3.43. The summed E-state index contributed by atoms with van der Waals surface area (Å²) in [5, 5.41) is 2.93. The van der Waals surface area contributed by atoms with Gasteiger partial charge in [-0.2, -0.15) is 0 Å². The minimum atomic E-state index is -0.669. The number of nitrogens with zero attached hydrogens (tertiary/aromatic N) is 2. The Kier molecular flexibility index (Phi) is 8.31. The lowest BCUT2D eigenvalue weighted by atomic mass is 10.1. The largest absolute Gasteiger partial charge is 0.467 e. The van der Waals surface area contributed by atoms with Gasteiger partial charge in [-0.05, 0) is 43.5 Å². The van der Waals surface area contributed by atoms with Crippen molar-refractivity contribution >= 4 is 11.8 Å². The fraction of sp³-hybridized carbons (Fsp3) is 0.565. The molecule has 8 nitrogen and oxygen atoms in total. The van der Waals surface area contributed by atoms with E-state index in [1.54, 1.807) is 31.4 Å². The minimum absolute atomic E-state index is 0.185. The van der Waals surface area contributed by atoms with E-state index in [1.165, 1.54) is 4.90 Å². The number of nitrogens with one attached hydrogen (secondary N) is 1. The number of carbonyl (C=O) groups is 2. The van der Waals surface area contributed by atoms with Crippen molar-refractivity contribution in [2.75, 3.05) is 32.8 Å². The van der Waals surface area contributed by atoms with Crippen molar-refractivity contribution in [3.63, 3.8) is 0 Å². The van der Waals surface area contributed by atoms with Gasteiger partial charge in [0.15, 0.2) is 5.76 Å². The maximum Gasteiger partial charge on any atom is 0.290 e. The zero-order chi connectivity index (χ0) is 22.2. The molecule has 2 amide bonds. The number of ether oxygens (including phenoxy) is 1. The van der Waals surface area contributed by atoms with Crippen LogP contribution in [0.3, 0.4) is 0 Å². The van der Waals surface area contributed by atoms with Crippen molar-refractivity contribution in [1.29, 1.82) is 0 Å². The molecule has 2 aromatic rings. The van der Waals surface area contributed by atoms with Crippen LogP contribution in [0.5, 0.6) is 0 Å². The quantitative estimate of drug-likeness (QED) is 0.622. The van der Waals surface area contributed by atoms with Crippen LogP contribution in [0.2, 0.25) is 0 Å². The fourth-order valence-corrected chi connectivity index (χ4v) is 3.43. The zero-order valence-corrected chi connectivity index (χ0v) is 18.6. The van der Waals surface area contributed by atoms with Gasteiger partial charge in [0.05, 0.1) is 32.6 Å². The van der Waals surface area contributed by atoms with Crippen LogP contribution in [0.15, 0.2) is 39.4 Å². The topological polar surface area (TPSA) is 88.2 Å². The monoisotopic (exact) mass is 431 g/mol. The third-order valence-corrected chi connectivity index (χ3v) is 5.39. The molecule has 2 aromatic heterocycles. The van der Waals surface area contributed by atoms with E-state index in [4.69, 9.17) is 13.6 Å². The normalized spacial score (nSPS) is 15.7. The van der Waals surface area contributed by atoms with Gasteiger partial charge in [0, 0.05) is 19.6 Å². The van der Waals surface area contributed by atoms with Gasteiger partial charge in [-0.3, -0.25) is 14.5 Å². The van der Waals surface area contributed by atoms with E-state index in [-0.39, 0.29) is 24.1 Å². The molecule has 3 rings (SSSR count). The summed E-state index contributed by atoms with van der Waals surface area (Å²) < 4.78 is 16.7. The standard InChI is InChI=1S/C23H33N3O5/c1-17(2)8-9-24-22(27)18(3)26(16-19-5-4-12-30-19)23(28)21-7-6-20(31-21)15-25-10-13-29-14-11-25/h4-7,12,17-18H,8-11,13-16H2,1-3H3,(H,24,27)/t18-/m0/s1. The maximum absolute atomic E-state index is 13.3. The first-order valence-electron chi connectivity index (χ1n) is 10.9. The molecule has 1 saturated heterocycles. The SMILES string of the molecule is CC(C)CCNC(=O)[C@H](C)N(Cc1ccco1)C(=O)c1ccc(CN2CCOCC2)o1. The van der Waals surface area contributed by atoms with E-state index in [0.717, 1.165) is 25.3 Å². The molecule has 0 aliphatic carbocycles. The molecule has 0 saturated carbocycles. The van der Waals surface area contributed by atoms with Gasteiger partial charge in [-0.25, -0.2) is 0 Å². The molecule has 0 spiro atoms. The van der Waals surface area contributed by atoms with E-state index < -0.39 is 6.04 Å². The molecular formula is C23H33N3O5. The number of morpholine rings is 1. The van der Waals surface area contributed by atoms with Crippen LogP contribution < -0.4 is 5.32 Å². The third kappa shape index (κ3) is 6.70. The molecular weight excluding hydrogens is 398 g/mol. The number of hydrogen-bond acceptors (Lipinski definition) is 6. The van der Waals surface area contributed by atoms with E-state index in [0.29, 0.717) is 38.0 Å². The molecule has 0 unspecified atom stereocenters. The summed E-state index contributed by atoms with van der Waals surface area (Å²) in [5.41, 5.74) is 0. The Morgan fingerprint density at radius 2 is 1.90 bits per heavy atom. The van der Waals surface area contributed by atoms with Crippen LogP contribution in [-0.4, -0.2) is 60.5 Å². The van der Waals surface area contributed by atoms with E-state index in [2.05, 4.69) is 24.1 Å². The predicted octanol–water partition coefficient (Wildman–Crippen LogP) is 2.90. The van der Waals surface area contributed by atoms with Gasteiger partial charge in [0.25, 0.3) is 5.91 Å². The second kappa shape index (κ2) is 11.2. The van der Waals surface area contributed by atoms with Crippen LogP contribution >= 0.6 is 0 Å². The molecule has 1 atom stereocenters. The highest BCUT2D eigenvalue weighted by atomic mass is 16.5. The number of hydrogen-bond donors (Lipinski definition) is 1. The van der Waals surface area contributed by atoms with E-state index in [9.17, 15) is 9.59 Å². The molecule has 0 aromatic carbocycles. The molecule has 170 valence electrons. The van der Waals surface area contributed by atoms with Gasteiger partial charge in [0.2, 0.25) is 5.91 Å². The highest BCUT2D eigenvalue weighted by molar-refractivity contribution is 5.95. The Morgan fingerprint density at radius 3 is 2.58 bits per heavy atom. The Balaban J connectivity index is 1.69. The van der Waals surface area contributed by atoms with Gasteiger partial charge in [-0.15, -0.1) is 0 Å². The average molecular weight is 432 g/mol. The van der Waals surface area contributed by atoms with Gasteiger partial charge >= 0.3 is 0 Å². The summed E-state index contributed by atoms with van der Waals surface area (Å²) in [6.45, 7) is 10.4. The van der Waals surface area contributed by atoms with Crippen molar-refractivity contribution in [3.8, 4) is 0 Å². The Morgan fingerprint density at radius 1 is 1.13 bits per heavy atom. The first kappa shape index (κ1) is 23.1. The first-order chi connectivity index (χ1) is 14.9. The molecule has 1 N–H and O–H groups in total. The second-order valence-electron chi connectivity index (χ2n) is 8.32. The molecule has 0 bridgehead atoms. The highest BCUT2D eigenvalue weighted by Gasteiger charge is 2.29. The lowest BCUT2D eigenvalue weighted by molar-refractivity contribution is -0.125. The van der Waals surface area contributed by atoms with Gasteiger partial charge in [0.1, 0.15) is 17.6 Å². The molecule has 1 fully saturated rings. The summed E-state index contributed by atoms with van der Waals surface area (Å²) in [6.07, 6.45) is 2.44. The smallest absolute Gasteiger partial charge is 0.290 e. The molecule has 1 aliphatic rings. The molecule has 0 radical (unpaired) electrons. The Labute approximate surface area is 183 Å². The maximum atomic E-state index is 13.3. The zero-order valence-electron chi connectivity index (χ0n) is 18.6. The van der Waals surface area contributed by atoms with Gasteiger partial charge in [-0.1, -0.05) is 13.8 Å². The number of carbonyl (C=O) groups excluding carboxylic acids is 2. The molecule has 31 heavy (non-hydrogen) atoms.